The number of hydrogen-bond acceptors (Lipinski definition) is 1. The van der Waals surface area contributed by atoms with Gasteiger partial charge in [-0.25, -0.2) is 0 Å². The van der Waals surface area contributed by atoms with Gasteiger partial charge in [0.1, 0.15) is 0 Å². The maximum absolute atomic E-state index is 3.63. The summed E-state index contributed by atoms with van der Waals surface area (Å²) >= 11 is 0. The lowest BCUT2D eigenvalue weighted by atomic mass is 10.1. The Kier molecular flexibility index (Phi) is 2.69. The van der Waals surface area contributed by atoms with Crippen molar-refractivity contribution in [2.75, 3.05) is 6.54 Å². The number of hydrogen-bond donors (Lipinski definition) is 1. The first-order valence-electron chi connectivity index (χ1n) is 5.58. The standard InChI is InChI=1S/C11H21N/c1-9(8-11-4-5-11)12-7-6-10-2-3-10/h9-12H,2-8H2,1H3. The average Bonchev–Trinajstić information content (AvgIpc) is 2.77. The van der Waals surface area contributed by atoms with Crippen LogP contribution in [-0.2, 0) is 0 Å². The minimum atomic E-state index is 0.774. The van der Waals surface area contributed by atoms with Gasteiger partial charge < -0.3 is 5.32 Å². The average molecular weight is 167 g/mol. The van der Waals surface area contributed by atoms with Crippen molar-refractivity contribution in [3.05, 3.63) is 0 Å². The van der Waals surface area contributed by atoms with Gasteiger partial charge in [0.25, 0.3) is 0 Å². The van der Waals surface area contributed by atoms with E-state index in [2.05, 4.69) is 12.2 Å². The normalized spacial score (nSPS) is 25.8. The molecule has 0 spiro atoms. The molecule has 12 heavy (non-hydrogen) atoms. The van der Waals surface area contributed by atoms with E-state index >= 15 is 0 Å². The molecule has 2 aliphatic carbocycles. The van der Waals surface area contributed by atoms with Crippen LogP contribution < -0.4 is 5.32 Å². The predicted molar refractivity (Wildman–Crippen MR) is 52.1 cm³/mol. The molecule has 0 saturated heterocycles. The topological polar surface area (TPSA) is 12.0 Å². The Hall–Kier alpha value is -0.0400. The highest BCUT2D eigenvalue weighted by Crippen LogP contribution is 2.34. The first-order valence-corrected chi connectivity index (χ1v) is 5.58. The first-order chi connectivity index (χ1) is 5.84. The molecule has 1 nitrogen and oxygen atoms in total. The van der Waals surface area contributed by atoms with Crippen molar-refractivity contribution >= 4 is 0 Å². The lowest BCUT2D eigenvalue weighted by molar-refractivity contribution is 0.474. The van der Waals surface area contributed by atoms with Gasteiger partial charge in [0.05, 0.1) is 0 Å². The predicted octanol–water partition coefficient (Wildman–Crippen LogP) is 2.56. The molecule has 1 heteroatoms. The molecule has 0 bridgehead atoms. The summed E-state index contributed by atoms with van der Waals surface area (Å²) in [5.74, 6) is 2.17. The zero-order chi connectivity index (χ0) is 8.39. The molecule has 0 aromatic heterocycles. The van der Waals surface area contributed by atoms with Crippen molar-refractivity contribution in [2.24, 2.45) is 11.8 Å². The van der Waals surface area contributed by atoms with Gasteiger partial charge in [0, 0.05) is 6.04 Å². The molecule has 1 unspecified atom stereocenters. The Morgan fingerprint density at radius 2 is 1.83 bits per heavy atom. The molecule has 1 atom stereocenters. The van der Waals surface area contributed by atoms with E-state index in [1.807, 2.05) is 0 Å². The Morgan fingerprint density at radius 1 is 1.17 bits per heavy atom. The monoisotopic (exact) mass is 167 g/mol. The summed E-state index contributed by atoms with van der Waals surface area (Å²) in [4.78, 5) is 0. The first kappa shape index (κ1) is 8.55. The molecule has 0 aliphatic heterocycles. The molecule has 2 saturated carbocycles. The lowest BCUT2D eigenvalue weighted by Crippen LogP contribution is -2.27. The summed E-state index contributed by atoms with van der Waals surface area (Å²) in [6.07, 6.45) is 8.83. The fourth-order valence-corrected chi connectivity index (χ4v) is 1.88. The van der Waals surface area contributed by atoms with Crippen LogP contribution in [0.3, 0.4) is 0 Å². The summed E-state index contributed by atoms with van der Waals surface area (Å²) in [5.41, 5.74) is 0. The zero-order valence-corrected chi connectivity index (χ0v) is 8.18. The van der Waals surface area contributed by atoms with Crippen molar-refractivity contribution in [1.82, 2.24) is 5.32 Å². The smallest absolute Gasteiger partial charge is 0.00413 e. The minimum absolute atomic E-state index is 0.774. The highest BCUT2D eigenvalue weighted by Gasteiger charge is 2.24. The number of nitrogens with one attached hydrogen (secondary N) is 1. The van der Waals surface area contributed by atoms with Crippen LogP contribution in [0.2, 0.25) is 0 Å². The highest BCUT2D eigenvalue weighted by atomic mass is 14.9. The van der Waals surface area contributed by atoms with Crippen LogP contribution in [0.25, 0.3) is 0 Å². The maximum atomic E-state index is 3.63. The Morgan fingerprint density at radius 3 is 2.42 bits per heavy atom. The van der Waals surface area contributed by atoms with E-state index in [-0.39, 0.29) is 0 Å². The zero-order valence-electron chi connectivity index (χ0n) is 8.18. The highest BCUT2D eigenvalue weighted by molar-refractivity contribution is 4.79. The molecule has 0 aromatic rings. The Bertz CT molecular complexity index is 136. The number of rotatable bonds is 6. The molecule has 1 N–H and O–H groups in total. The van der Waals surface area contributed by atoms with Gasteiger partial charge in [-0.1, -0.05) is 25.7 Å². The quantitative estimate of drug-likeness (QED) is 0.641. The third kappa shape index (κ3) is 3.14. The van der Waals surface area contributed by atoms with E-state index < -0.39 is 0 Å². The fraction of sp³-hybridized carbons (Fsp3) is 1.00. The molecular weight excluding hydrogens is 146 g/mol. The van der Waals surface area contributed by atoms with Crippen LogP contribution in [0.1, 0.15) is 45.4 Å². The van der Waals surface area contributed by atoms with E-state index in [4.69, 9.17) is 0 Å². The van der Waals surface area contributed by atoms with Gasteiger partial charge in [-0.3, -0.25) is 0 Å². The third-order valence-corrected chi connectivity index (χ3v) is 3.13. The molecule has 0 radical (unpaired) electrons. The van der Waals surface area contributed by atoms with E-state index in [0.717, 1.165) is 17.9 Å². The second kappa shape index (κ2) is 3.78. The summed E-state index contributed by atoms with van der Waals surface area (Å²) in [6, 6.07) is 0.774. The van der Waals surface area contributed by atoms with Gasteiger partial charge in [0.2, 0.25) is 0 Å². The lowest BCUT2D eigenvalue weighted by Gasteiger charge is -2.12. The van der Waals surface area contributed by atoms with E-state index in [0.29, 0.717) is 0 Å². The summed E-state index contributed by atoms with van der Waals surface area (Å²) < 4.78 is 0. The second-order valence-corrected chi connectivity index (χ2v) is 4.77. The summed E-state index contributed by atoms with van der Waals surface area (Å²) in [6.45, 7) is 3.60. The third-order valence-electron chi connectivity index (χ3n) is 3.13. The maximum Gasteiger partial charge on any atom is 0.00413 e. The summed E-state index contributed by atoms with van der Waals surface area (Å²) in [7, 11) is 0. The fourth-order valence-electron chi connectivity index (χ4n) is 1.88. The Labute approximate surface area is 75.9 Å². The molecular formula is C11H21N. The van der Waals surface area contributed by atoms with E-state index in [1.54, 1.807) is 0 Å². The van der Waals surface area contributed by atoms with Gasteiger partial charge in [-0.05, 0) is 38.1 Å². The molecule has 2 aliphatic rings. The van der Waals surface area contributed by atoms with Crippen molar-refractivity contribution in [2.45, 2.75) is 51.5 Å². The van der Waals surface area contributed by atoms with Crippen LogP contribution in [0.15, 0.2) is 0 Å². The molecule has 2 fully saturated rings. The van der Waals surface area contributed by atoms with Gasteiger partial charge in [-0.15, -0.1) is 0 Å². The molecule has 0 heterocycles. The van der Waals surface area contributed by atoms with Crippen LogP contribution in [-0.4, -0.2) is 12.6 Å². The molecule has 70 valence electrons. The molecule has 0 aromatic carbocycles. The van der Waals surface area contributed by atoms with Gasteiger partial charge in [0.15, 0.2) is 0 Å². The molecule has 2 rings (SSSR count). The minimum Gasteiger partial charge on any atom is -0.314 e. The van der Waals surface area contributed by atoms with Crippen LogP contribution >= 0.6 is 0 Å². The van der Waals surface area contributed by atoms with E-state index in [9.17, 15) is 0 Å². The van der Waals surface area contributed by atoms with Crippen LogP contribution in [0.4, 0.5) is 0 Å². The van der Waals surface area contributed by atoms with Crippen molar-refractivity contribution in [1.29, 1.82) is 0 Å². The SMILES string of the molecule is CC(CC1CC1)NCCC1CC1. The van der Waals surface area contributed by atoms with Crippen molar-refractivity contribution in [3.8, 4) is 0 Å². The van der Waals surface area contributed by atoms with Gasteiger partial charge >= 0.3 is 0 Å². The second-order valence-electron chi connectivity index (χ2n) is 4.77. The van der Waals surface area contributed by atoms with Gasteiger partial charge in [-0.2, -0.15) is 0 Å². The van der Waals surface area contributed by atoms with Crippen LogP contribution in [0, 0.1) is 11.8 Å². The largest absolute Gasteiger partial charge is 0.314 e. The van der Waals surface area contributed by atoms with Crippen LogP contribution in [0.5, 0.6) is 0 Å². The van der Waals surface area contributed by atoms with Crippen molar-refractivity contribution < 1.29 is 0 Å². The van der Waals surface area contributed by atoms with E-state index in [1.165, 1.54) is 45.1 Å². The Balaban J connectivity index is 1.46. The molecule has 0 amide bonds. The van der Waals surface area contributed by atoms with Crippen molar-refractivity contribution in [3.63, 3.8) is 0 Å². The summed E-state index contributed by atoms with van der Waals surface area (Å²) in [5, 5.41) is 3.63.